The molecule has 46 heavy (non-hydrogen) atoms. The zero-order chi connectivity index (χ0) is 32.2. The fraction of sp³-hybridized carbons (Fsp3) is 0.294. The molecule has 3 N–H and O–H groups in total. The number of hydrogen-bond donors (Lipinski definition) is 3. The number of methoxy groups -OCH3 is 1. The van der Waals surface area contributed by atoms with Gasteiger partial charge in [-0.25, -0.2) is 14.6 Å². The average Bonchev–Trinajstić information content (AvgIpc) is 3.72. The van der Waals surface area contributed by atoms with E-state index < -0.39 is 41.7 Å². The number of esters is 1. The Kier molecular flexibility index (Phi) is 7.47. The molecule has 1 aromatic heterocycles. The molecule has 4 aromatic rings. The van der Waals surface area contributed by atoms with Gasteiger partial charge in [-0.15, -0.1) is 0 Å². The maximum atomic E-state index is 13.9. The fourth-order valence-electron chi connectivity index (χ4n) is 6.48. The van der Waals surface area contributed by atoms with Crippen LogP contribution in [0.25, 0.3) is 0 Å². The van der Waals surface area contributed by atoms with Gasteiger partial charge in [-0.2, -0.15) is 0 Å². The summed E-state index contributed by atoms with van der Waals surface area (Å²) in [7, 11) is 1.28. The molecule has 0 saturated carbocycles. The number of benzene rings is 3. The van der Waals surface area contributed by atoms with E-state index in [1.165, 1.54) is 7.11 Å². The van der Waals surface area contributed by atoms with Crippen LogP contribution in [0.2, 0.25) is 0 Å². The lowest BCUT2D eigenvalue weighted by molar-refractivity contribution is -0.124. The number of carbonyl (C=O) groups is 3. The second-order valence-electron chi connectivity index (χ2n) is 11.9. The van der Waals surface area contributed by atoms with Crippen molar-refractivity contribution in [3.8, 4) is 5.75 Å². The molecule has 0 fully saturated rings. The molecule has 1 spiro atoms. The molecule has 236 valence electrons. The highest BCUT2D eigenvalue weighted by Crippen LogP contribution is 2.59. The number of aromatic nitrogens is 1. The van der Waals surface area contributed by atoms with Gasteiger partial charge in [-0.1, -0.05) is 68.4 Å². The molecule has 4 heterocycles. The number of oxazole rings is 1. The summed E-state index contributed by atoms with van der Waals surface area (Å²) in [6.45, 7) is 3.85. The summed E-state index contributed by atoms with van der Waals surface area (Å²) < 4.78 is 24.6. The Bertz CT molecular complexity index is 1860. The van der Waals surface area contributed by atoms with Gasteiger partial charge in [0.1, 0.15) is 29.9 Å². The van der Waals surface area contributed by atoms with E-state index >= 15 is 0 Å². The number of nitrogens with zero attached hydrogens (tertiary/aromatic N) is 1. The quantitative estimate of drug-likeness (QED) is 0.236. The second kappa shape index (κ2) is 11.5. The number of hydrogen-bond acceptors (Lipinski definition) is 9. The SMILES string of the molecule is COC(=O)c1nc2oc1C13c4cc(ccc4O[C@@H]1Nc1c(Br)cccc13)C[C@H](NC(=O)OCc1ccccc1)C(=O)N[C@H]2C(C)C. The van der Waals surface area contributed by atoms with Gasteiger partial charge >= 0.3 is 12.1 Å². The van der Waals surface area contributed by atoms with Crippen molar-refractivity contribution < 1.29 is 33.0 Å². The van der Waals surface area contributed by atoms with E-state index in [2.05, 4.69) is 36.9 Å². The van der Waals surface area contributed by atoms with Crippen molar-refractivity contribution in [2.75, 3.05) is 12.4 Å². The van der Waals surface area contributed by atoms with E-state index in [1.54, 1.807) is 0 Å². The van der Waals surface area contributed by atoms with Gasteiger partial charge in [-0.05, 0) is 45.1 Å². The van der Waals surface area contributed by atoms with E-state index in [0.29, 0.717) is 5.75 Å². The molecule has 7 rings (SSSR count). The maximum Gasteiger partial charge on any atom is 0.408 e. The molecule has 11 nitrogen and oxygen atoms in total. The Hall–Kier alpha value is -4.84. The summed E-state index contributed by atoms with van der Waals surface area (Å²) in [5, 5.41) is 9.25. The molecule has 3 aromatic carbocycles. The molecule has 3 aliphatic rings. The van der Waals surface area contributed by atoms with Gasteiger partial charge in [0.25, 0.3) is 0 Å². The molecule has 4 bridgehead atoms. The molecule has 2 amide bonds. The van der Waals surface area contributed by atoms with Crippen LogP contribution in [0, 0.1) is 5.92 Å². The Morgan fingerprint density at radius 1 is 1.09 bits per heavy atom. The predicted molar refractivity (Wildman–Crippen MR) is 169 cm³/mol. The van der Waals surface area contributed by atoms with Crippen LogP contribution in [0.1, 0.15) is 64.3 Å². The number of amides is 2. The monoisotopic (exact) mass is 686 g/mol. The van der Waals surface area contributed by atoms with Crippen LogP contribution in [-0.4, -0.2) is 42.3 Å². The van der Waals surface area contributed by atoms with Crippen molar-refractivity contribution in [2.24, 2.45) is 5.92 Å². The Balaban J connectivity index is 1.37. The molecular weight excluding hydrogens is 656 g/mol. The predicted octanol–water partition coefficient (Wildman–Crippen LogP) is 5.37. The van der Waals surface area contributed by atoms with Gasteiger partial charge in [0, 0.05) is 22.0 Å². The number of halogens is 1. The molecule has 1 unspecified atom stereocenters. The lowest BCUT2D eigenvalue weighted by Crippen LogP contribution is -2.49. The smallest absolute Gasteiger partial charge is 0.408 e. The summed E-state index contributed by atoms with van der Waals surface area (Å²) >= 11 is 3.66. The lowest BCUT2D eigenvalue weighted by atomic mass is 9.72. The highest BCUT2D eigenvalue weighted by atomic mass is 79.9. The number of para-hydroxylation sites is 1. The molecule has 3 aliphatic heterocycles. The second-order valence-corrected chi connectivity index (χ2v) is 12.7. The van der Waals surface area contributed by atoms with E-state index in [-0.39, 0.29) is 36.3 Å². The van der Waals surface area contributed by atoms with Crippen LogP contribution >= 0.6 is 15.9 Å². The minimum Gasteiger partial charge on any atom is -0.469 e. The first-order chi connectivity index (χ1) is 22.2. The van der Waals surface area contributed by atoms with Crippen LogP contribution < -0.4 is 20.7 Å². The van der Waals surface area contributed by atoms with E-state index in [4.69, 9.17) is 18.6 Å². The standard InChI is InChI=1S/C34H31BrN4O7/c1-17(2)25-30-38-27(31(41)43-3)28(46-30)34-20-10-7-11-22(35)26(20)39-32(34)45-24-13-12-19(14-21(24)34)15-23(29(40)37-25)36-33(42)44-16-18-8-5-4-6-9-18/h4-14,17,23,25,32,39H,15-16H2,1-3H3,(H,36,42)(H,37,40)/t23-,25-,32-,34?/m0/s1. The summed E-state index contributed by atoms with van der Waals surface area (Å²) in [5.74, 6) is -0.397. The summed E-state index contributed by atoms with van der Waals surface area (Å²) in [6.07, 6.45) is -1.27. The van der Waals surface area contributed by atoms with Gasteiger partial charge in [-0.3, -0.25) is 4.79 Å². The normalized spacial score (nSPS) is 22.3. The summed E-state index contributed by atoms with van der Waals surface area (Å²) in [5.41, 5.74) is 2.74. The number of anilines is 1. The van der Waals surface area contributed by atoms with Crippen LogP contribution in [0.3, 0.4) is 0 Å². The van der Waals surface area contributed by atoms with E-state index in [1.807, 2.05) is 80.6 Å². The van der Waals surface area contributed by atoms with Crippen molar-refractivity contribution in [1.82, 2.24) is 15.6 Å². The molecule has 4 atom stereocenters. The van der Waals surface area contributed by atoms with Gasteiger partial charge in [0.05, 0.1) is 12.8 Å². The van der Waals surface area contributed by atoms with Crippen molar-refractivity contribution in [3.63, 3.8) is 0 Å². The first-order valence-electron chi connectivity index (χ1n) is 14.9. The minimum absolute atomic E-state index is 0.0164. The molecule has 0 saturated heterocycles. The highest BCUT2D eigenvalue weighted by molar-refractivity contribution is 9.10. The third-order valence-electron chi connectivity index (χ3n) is 8.69. The molecule has 0 aliphatic carbocycles. The van der Waals surface area contributed by atoms with Crippen LogP contribution in [0.15, 0.2) is 75.6 Å². The van der Waals surface area contributed by atoms with E-state index in [0.717, 1.165) is 32.4 Å². The topological polar surface area (TPSA) is 141 Å². The van der Waals surface area contributed by atoms with Crippen molar-refractivity contribution in [1.29, 1.82) is 0 Å². The van der Waals surface area contributed by atoms with Crippen LogP contribution in [0.5, 0.6) is 5.75 Å². The molecule has 12 heteroatoms. The van der Waals surface area contributed by atoms with Gasteiger partial charge in [0.2, 0.25) is 11.8 Å². The van der Waals surface area contributed by atoms with Crippen LogP contribution in [-0.2, 0) is 32.7 Å². The zero-order valence-electron chi connectivity index (χ0n) is 25.3. The fourth-order valence-corrected chi connectivity index (χ4v) is 6.96. The molecule has 0 radical (unpaired) electrons. The number of ether oxygens (including phenoxy) is 3. The maximum absolute atomic E-state index is 13.9. The number of fused-ring (bicyclic) bond motifs is 4. The summed E-state index contributed by atoms with van der Waals surface area (Å²) in [6, 6.07) is 18.9. The lowest BCUT2D eigenvalue weighted by Gasteiger charge is -2.28. The van der Waals surface area contributed by atoms with Crippen molar-refractivity contribution >= 4 is 39.6 Å². The Labute approximate surface area is 273 Å². The van der Waals surface area contributed by atoms with Gasteiger partial charge < -0.3 is 34.6 Å². The number of nitrogens with one attached hydrogen (secondary N) is 3. The first-order valence-corrected chi connectivity index (χ1v) is 15.7. The third kappa shape index (κ3) is 4.79. The minimum atomic E-state index is -1.14. The first kappa shape index (κ1) is 29.8. The zero-order valence-corrected chi connectivity index (χ0v) is 26.8. The van der Waals surface area contributed by atoms with E-state index in [9.17, 15) is 14.4 Å². The average molecular weight is 688 g/mol. The van der Waals surface area contributed by atoms with Crippen molar-refractivity contribution in [2.45, 2.75) is 50.6 Å². The van der Waals surface area contributed by atoms with Gasteiger partial charge in [0.15, 0.2) is 17.7 Å². The number of carbonyl (C=O) groups excluding carboxylic acids is 3. The largest absolute Gasteiger partial charge is 0.469 e. The Morgan fingerprint density at radius 3 is 2.65 bits per heavy atom. The number of rotatable bonds is 5. The van der Waals surface area contributed by atoms with Crippen molar-refractivity contribution in [3.05, 3.63) is 111 Å². The highest BCUT2D eigenvalue weighted by Gasteiger charge is 2.61. The molecular formula is C34H31BrN4O7. The number of alkyl carbamates (subject to hydrolysis) is 1. The third-order valence-corrected chi connectivity index (χ3v) is 9.35. The Morgan fingerprint density at radius 2 is 1.89 bits per heavy atom. The van der Waals surface area contributed by atoms with Crippen LogP contribution in [0.4, 0.5) is 10.5 Å². The summed E-state index contributed by atoms with van der Waals surface area (Å²) in [4.78, 5) is 44.9.